The van der Waals surface area contributed by atoms with Gasteiger partial charge in [0.1, 0.15) is 12.6 Å². The highest BCUT2D eigenvalue weighted by molar-refractivity contribution is 7.99. The van der Waals surface area contributed by atoms with Crippen LogP contribution in [0.3, 0.4) is 0 Å². The molecule has 25 heavy (non-hydrogen) atoms. The zero-order valence-corrected chi connectivity index (χ0v) is 15.7. The Bertz CT molecular complexity index is 1170. The first-order valence-electron chi connectivity index (χ1n) is 8.70. The molecule has 4 aromatic rings. The second kappa shape index (κ2) is 5.12. The van der Waals surface area contributed by atoms with E-state index in [0.717, 1.165) is 5.58 Å². The molecule has 0 aliphatic carbocycles. The summed E-state index contributed by atoms with van der Waals surface area (Å²) in [5, 5.41) is 3.91. The first-order valence-corrected chi connectivity index (χ1v) is 9.51. The molecule has 124 valence electrons. The molecular weight excluding hydrogens is 326 g/mol. The summed E-state index contributed by atoms with van der Waals surface area (Å²) in [6.45, 7) is 6.73. The molecule has 0 unspecified atom stereocenters. The second-order valence-electron chi connectivity index (χ2n) is 7.22. The number of furan rings is 1. The average molecular weight is 346 g/mol. The van der Waals surface area contributed by atoms with Crippen LogP contribution in [0.1, 0.15) is 30.9 Å². The molecular formula is C22H20NOS+. The zero-order valence-electron chi connectivity index (χ0n) is 14.9. The van der Waals surface area contributed by atoms with Crippen molar-refractivity contribution >= 4 is 33.5 Å². The lowest BCUT2D eigenvalue weighted by molar-refractivity contribution is -0.659. The Morgan fingerprint density at radius 2 is 1.92 bits per heavy atom. The maximum atomic E-state index is 5.70. The van der Waals surface area contributed by atoms with Crippen LogP contribution in [0.25, 0.3) is 33.0 Å². The van der Waals surface area contributed by atoms with E-state index < -0.39 is 0 Å². The fourth-order valence-corrected chi connectivity index (χ4v) is 5.22. The molecule has 0 radical (unpaired) electrons. The number of nitrogens with zero attached hydrogens (tertiary/aromatic N) is 1. The SMILES string of the molecule is Cc1c2c(cc3occc13)Sc1cc(C(C)C)cc3cc[n+](C)c-2c13. The summed E-state index contributed by atoms with van der Waals surface area (Å²) < 4.78 is 7.96. The Morgan fingerprint density at radius 3 is 2.72 bits per heavy atom. The summed E-state index contributed by atoms with van der Waals surface area (Å²) in [5.74, 6) is 0.523. The van der Waals surface area contributed by atoms with Crippen LogP contribution in [0.4, 0.5) is 0 Å². The van der Waals surface area contributed by atoms with Gasteiger partial charge in [0.15, 0.2) is 6.20 Å². The number of aryl methyl sites for hydroxylation is 2. The smallest absolute Gasteiger partial charge is 0.222 e. The highest BCUT2D eigenvalue weighted by Crippen LogP contribution is 2.50. The number of rotatable bonds is 1. The van der Waals surface area contributed by atoms with Crippen molar-refractivity contribution in [3.05, 3.63) is 53.9 Å². The Hall–Kier alpha value is -2.26. The minimum Gasteiger partial charge on any atom is -0.464 e. The number of hydrogen-bond acceptors (Lipinski definition) is 2. The summed E-state index contributed by atoms with van der Waals surface area (Å²) in [6.07, 6.45) is 3.97. The van der Waals surface area contributed by atoms with Gasteiger partial charge in [0, 0.05) is 21.2 Å². The Labute approximate surface area is 151 Å². The van der Waals surface area contributed by atoms with E-state index in [9.17, 15) is 0 Å². The summed E-state index contributed by atoms with van der Waals surface area (Å²) >= 11 is 1.87. The largest absolute Gasteiger partial charge is 0.464 e. The maximum Gasteiger partial charge on any atom is 0.222 e. The van der Waals surface area contributed by atoms with Crippen LogP contribution < -0.4 is 4.57 Å². The molecule has 0 atom stereocenters. The van der Waals surface area contributed by atoms with Crippen LogP contribution in [0, 0.1) is 6.92 Å². The van der Waals surface area contributed by atoms with Crippen molar-refractivity contribution < 1.29 is 8.98 Å². The van der Waals surface area contributed by atoms with Crippen molar-refractivity contribution in [3.63, 3.8) is 0 Å². The van der Waals surface area contributed by atoms with E-state index >= 15 is 0 Å². The number of fused-ring (bicyclic) bond motifs is 3. The highest BCUT2D eigenvalue weighted by atomic mass is 32.2. The fraction of sp³-hybridized carbons (Fsp3) is 0.227. The van der Waals surface area contributed by atoms with Gasteiger partial charge < -0.3 is 4.42 Å². The average Bonchev–Trinajstić information content (AvgIpc) is 3.05. The molecule has 1 aliphatic rings. The standard InChI is InChI=1S/C22H20NOS/c1-12(2)15-9-14-5-7-23(4)22-20-13(3)16-6-8-24-17(16)11-19(20)25-18(10-15)21(14)22/h5-12H,1-4H3/q+1. The first kappa shape index (κ1) is 15.0. The van der Waals surface area contributed by atoms with Gasteiger partial charge in [-0.3, -0.25) is 0 Å². The predicted molar refractivity (Wildman–Crippen MR) is 103 cm³/mol. The predicted octanol–water partition coefficient (Wildman–Crippen LogP) is 5.97. The molecule has 0 amide bonds. The molecule has 2 nitrogen and oxygen atoms in total. The van der Waals surface area contributed by atoms with E-state index in [-0.39, 0.29) is 0 Å². The van der Waals surface area contributed by atoms with E-state index in [1.807, 2.05) is 11.8 Å². The highest BCUT2D eigenvalue weighted by Gasteiger charge is 2.30. The molecule has 3 heteroatoms. The molecule has 5 rings (SSSR count). The van der Waals surface area contributed by atoms with Gasteiger partial charge in [0.2, 0.25) is 5.69 Å². The van der Waals surface area contributed by atoms with Crippen LogP contribution in [0.15, 0.2) is 57.0 Å². The third-order valence-corrected chi connectivity index (χ3v) is 6.41. The van der Waals surface area contributed by atoms with E-state index in [4.69, 9.17) is 4.42 Å². The maximum absolute atomic E-state index is 5.70. The Kier molecular flexibility index (Phi) is 3.08. The van der Waals surface area contributed by atoms with Gasteiger partial charge in [-0.1, -0.05) is 31.7 Å². The van der Waals surface area contributed by atoms with Crippen molar-refractivity contribution in [2.24, 2.45) is 7.05 Å². The lowest BCUT2D eigenvalue weighted by Crippen LogP contribution is -2.31. The number of hydrogen-bond donors (Lipinski definition) is 0. The van der Waals surface area contributed by atoms with Gasteiger partial charge in [-0.25, -0.2) is 4.57 Å². The molecule has 2 aromatic carbocycles. The summed E-state index contributed by atoms with van der Waals surface area (Å²) in [5.41, 5.74) is 6.33. The van der Waals surface area contributed by atoms with Crippen LogP contribution in [-0.4, -0.2) is 0 Å². The molecule has 2 aromatic heterocycles. The molecule has 0 fully saturated rings. The monoisotopic (exact) mass is 346 g/mol. The van der Waals surface area contributed by atoms with Crippen molar-refractivity contribution in [2.45, 2.75) is 36.5 Å². The third kappa shape index (κ3) is 2.02. The lowest BCUT2D eigenvalue weighted by atomic mass is 9.94. The van der Waals surface area contributed by atoms with Crippen LogP contribution in [0.2, 0.25) is 0 Å². The van der Waals surface area contributed by atoms with Gasteiger partial charge >= 0.3 is 0 Å². The van der Waals surface area contributed by atoms with Gasteiger partial charge in [0.25, 0.3) is 0 Å². The second-order valence-corrected chi connectivity index (χ2v) is 8.31. The summed E-state index contributed by atoms with van der Waals surface area (Å²) in [6, 6.07) is 11.2. The van der Waals surface area contributed by atoms with Crippen LogP contribution >= 0.6 is 11.8 Å². The minimum absolute atomic E-state index is 0.523. The van der Waals surface area contributed by atoms with Crippen LogP contribution in [-0.2, 0) is 7.05 Å². The number of aromatic nitrogens is 1. The van der Waals surface area contributed by atoms with E-state index in [0.29, 0.717) is 5.92 Å². The minimum atomic E-state index is 0.523. The topological polar surface area (TPSA) is 17.0 Å². The van der Waals surface area contributed by atoms with Gasteiger partial charge in [-0.05, 0) is 47.6 Å². The molecule has 0 saturated carbocycles. The van der Waals surface area contributed by atoms with Gasteiger partial charge in [0.05, 0.1) is 17.2 Å². The fourth-order valence-electron chi connectivity index (χ4n) is 3.95. The normalized spacial score (nSPS) is 13.0. The Balaban J connectivity index is 1.96. The van der Waals surface area contributed by atoms with E-state index in [1.54, 1.807) is 6.26 Å². The zero-order chi connectivity index (χ0) is 17.3. The van der Waals surface area contributed by atoms with E-state index in [2.05, 4.69) is 68.9 Å². The van der Waals surface area contributed by atoms with E-state index in [1.165, 1.54) is 48.3 Å². The molecule has 0 spiro atoms. The van der Waals surface area contributed by atoms with Crippen molar-refractivity contribution in [1.29, 1.82) is 0 Å². The van der Waals surface area contributed by atoms with Gasteiger partial charge in [-0.15, -0.1) is 0 Å². The molecule has 0 saturated heterocycles. The quantitative estimate of drug-likeness (QED) is 0.348. The summed E-state index contributed by atoms with van der Waals surface area (Å²) in [7, 11) is 2.15. The number of benzene rings is 2. The van der Waals surface area contributed by atoms with Crippen molar-refractivity contribution in [2.75, 3.05) is 0 Å². The van der Waals surface area contributed by atoms with Crippen molar-refractivity contribution in [1.82, 2.24) is 0 Å². The third-order valence-electron chi connectivity index (χ3n) is 5.33. The summed E-state index contributed by atoms with van der Waals surface area (Å²) in [4.78, 5) is 2.64. The first-order chi connectivity index (χ1) is 12.0. The lowest BCUT2D eigenvalue weighted by Gasteiger charge is -2.21. The molecule has 1 aliphatic heterocycles. The Morgan fingerprint density at radius 1 is 1.08 bits per heavy atom. The molecule has 0 bridgehead atoms. The molecule has 0 N–H and O–H groups in total. The van der Waals surface area contributed by atoms with Crippen LogP contribution in [0.5, 0.6) is 0 Å². The van der Waals surface area contributed by atoms with Gasteiger partial charge in [-0.2, -0.15) is 0 Å². The van der Waals surface area contributed by atoms with Crippen molar-refractivity contribution in [3.8, 4) is 11.3 Å². The molecule has 3 heterocycles. The number of pyridine rings is 1.